The van der Waals surface area contributed by atoms with Crippen molar-refractivity contribution in [3.8, 4) is 0 Å². The summed E-state index contributed by atoms with van der Waals surface area (Å²) in [6.45, 7) is 1.17. The van der Waals surface area contributed by atoms with Crippen molar-refractivity contribution in [1.82, 2.24) is 5.32 Å². The van der Waals surface area contributed by atoms with Crippen molar-refractivity contribution in [3.63, 3.8) is 0 Å². The Hall–Kier alpha value is -0.890. The first-order valence-electron chi connectivity index (χ1n) is 4.55. The molecule has 64 valence electrons. The molecule has 0 spiro atoms. The lowest BCUT2D eigenvalue weighted by Gasteiger charge is -2.08. The predicted molar refractivity (Wildman–Crippen MR) is 47.6 cm³/mol. The van der Waals surface area contributed by atoms with Crippen LogP contribution in [-0.4, -0.2) is 6.54 Å². The number of aryl methyl sites for hydroxylation is 1. The Morgan fingerprint density at radius 1 is 1.42 bits per heavy atom. The van der Waals surface area contributed by atoms with Gasteiger partial charge in [-0.3, -0.25) is 0 Å². The molecule has 1 unspecified atom stereocenters. The van der Waals surface area contributed by atoms with Gasteiger partial charge in [-0.15, -0.1) is 0 Å². The Labute approximate surface area is 73.2 Å². The molecule has 0 radical (unpaired) electrons. The van der Waals surface area contributed by atoms with E-state index in [-0.39, 0.29) is 0 Å². The van der Waals surface area contributed by atoms with Gasteiger partial charge >= 0.3 is 0 Å². The van der Waals surface area contributed by atoms with Crippen molar-refractivity contribution >= 4 is 0 Å². The van der Waals surface area contributed by atoms with Crippen LogP contribution in [0.5, 0.6) is 0 Å². The Bertz CT molecular complexity index is 247. The maximum atomic E-state index is 3.48. The van der Waals surface area contributed by atoms with Crippen LogP contribution in [0.25, 0.3) is 0 Å². The summed E-state index contributed by atoms with van der Waals surface area (Å²) in [5.74, 6) is 0. The largest absolute Gasteiger partial charge is 0.310 e. The highest BCUT2D eigenvalue weighted by Crippen LogP contribution is 2.21. The van der Waals surface area contributed by atoms with Crippen LogP contribution in [0.3, 0.4) is 0 Å². The number of nitrogens with zero attached hydrogens (tertiary/aromatic N) is 1. The molecule has 0 aliphatic carbocycles. The van der Waals surface area contributed by atoms with Gasteiger partial charge in [0.1, 0.15) is 7.05 Å². The molecule has 1 aromatic heterocycles. The molecule has 2 nitrogen and oxygen atoms in total. The Morgan fingerprint density at radius 3 is 2.75 bits per heavy atom. The minimum absolute atomic E-state index is 0.603. The van der Waals surface area contributed by atoms with Crippen LogP contribution in [0.4, 0.5) is 0 Å². The molecule has 1 aromatic rings. The zero-order valence-corrected chi connectivity index (χ0v) is 7.46. The second-order valence-electron chi connectivity index (χ2n) is 3.45. The summed E-state index contributed by atoms with van der Waals surface area (Å²) in [5.41, 5.74) is 1.42. The fraction of sp³-hybridized carbons (Fsp3) is 0.500. The SMILES string of the molecule is C[n+]1ccc(C2CCCN2)cc1. The summed E-state index contributed by atoms with van der Waals surface area (Å²) in [7, 11) is 2.05. The standard InChI is InChI=1S/C10H15N2/c1-12-7-4-9(5-8-12)10-3-2-6-11-10/h4-5,7-8,10-11H,2-3,6H2,1H3/q+1. The van der Waals surface area contributed by atoms with Crippen molar-refractivity contribution in [2.45, 2.75) is 18.9 Å². The fourth-order valence-corrected chi connectivity index (χ4v) is 1.71. The number of hydrogen-bond acceptors (Lipinski definition) is 1. The van der Waals surface area contributed by atoms with Crippen LogP contribution in [0.15, 0.2) is 24.5 Å². The highest BCUT2D eigenvalue weighted by molar-refractivity contribution is 5.14. The van der Waals surface area contributed by atoms with Gasteiger partial charge in [0, 0.05) is 18.2 Å². The second kappa shape index (κ2) is 3.23. The van der Waals surface area contributed by atoms with E-state index in [1.54, 1.807) is 0 Å². The lowest BCUT2D eigenvalue weighted by molar-refractivity contribution is -0.671. The van der Waals surface area contributed by atoms with Gasteiger partial charge in [-0.1, -0.05) is 0 Å². The van der Waals surface area contributed by atoms with Crippen LogP contribution in [-0.2, 0) is 7.05 Å². The molecule has 1 aliphatic rings. The quantitative estimate of drug-likeness (QED) is 0.609. The molecule has 1 atom stereocenters. The van der Waals surface area contributed by atoms with Gasteiger partial charge in [-0.05, 0) is 24.9 Å². The highest BCUT2D eigenvalue weighted by Gasteiger charge is 2.16. The second-order valence-corrected chi connectivity index (χ2v) is 3.45. The van der Waals surface area contributed by atoms with Gasteiger partial charge in [0.15, 0.2) is 12.4 Å². The minimum atomic E-state index is 0.603. The molecule has 1 saturated heterocycles. The monoisotopic (exact) mass is 163 g/mol. The molecule has 1 N–H and O–H groups in total. The maximum absolute atomic E-state index is 3.48. The molecule has 2 rings (SSSR count). The van der Waals surface area contributed by atoms with E-state index in [1.165, 1.54) is 24.9 Å². The molecular weight excluding hydrogens is 148 g/mol. The number of pyridine rings is 1. The van der Waals surface area contributed by atoms with Gasteiger partial charge in [-0.2, -0.15) is 0 Å². The third-order valence-corrected chi connectivity index (χ3v) is 2.47. The van der Waals surface area contributed by atoms with Crippen LogP contribution >= 0.6 is 0 Å². The Kier molecular flexibility index (Phi) is 2.09. The normalized spacial score (nSPS) is 22.9. The van der Waals surface area contributed by atoms with Crippen LogP contribution in [0.2, 0.25) is 0 Å². The zero-order chi connectivity index (χ0) is 8.39. The predicted octanol–water partition coefficient (Wildman–Crippen LogP) is 0.936. The molecule has 2 heterocycles. The third kappa shape index (κ3) is 1.48. The molecule has 12 heavy (non-hydrogen) atoms. The van der Waals surface area contributed by atoms with Crippen molar-refractivity contribution in [2.24, 2.45) is 7.05 Å². The van der Waals surface area contributed by atoms with E-state index in [9.17, 15) is 0 Å². The average molecular weight is 163 g/mol. The van der Waals surface area contributed by atoms with Gasteiger partial charge in [-0.25, -0.2) is 4.57 Å². The third-order valence-electron chi connectivity index (χ3n) is 2.47. The van der Waals surface area contributed by atoms with E-state index in [1.807, 2.05) is 7.05 Å². The summed E-state index contributed by atoms with van der Waals surface area (Å²) in [6, 6.07) is 5.00. The number of aromatic nitrogens is 1. The van der Waals surface area contributed by atoms with Crippen LogP contribution in [0.1, 0.15) is 24.4 Å². The van der Waals surface area contributed by atoms with Gasteiger partial charge < -0.3 is 5.32 Å². The summed E-state index contributed by atoms with van der Waals surface area (Å²) in [6.07, 6.45) is 6.81. The van der Waals surface area contributed by atoms with E-state index in [0.29, 0.717) is 6.04 Å². The van der Waals surface area contributed by atoms with Crippen molar-refractivity contribution < 1.29 is 4.57 Å². The fourth-order valence-electron chi connectivity index (χ4n) is 1.71. The highest BCUT2D eigenvalue weighted by atomic mass is 14.9. The van der Waals surface area contributed by atoms with Gasteiger partial charge in [0.25, 0.3) is 0 Å². The molecule has 1 fully saturated rings. The molecule has 0 amide bonds. The summed E-state index contributed by atoms with van der Waals surface area (Å²) in [4.78, 5) is 0. The van der Waals surface area contributed by atoms with E-state index in [0.717, 1.165) is 0 Å². The zero-order valence-electron chi connectivity index (χ0n) is 7.46. The van der Waals surface area contributed by atoms with Crippen molar-refractivity contribution in [3.05, 3.63) is 30.1 Å². The van der Waals surface area contributed by atoms with Gasteiger partial charge in [0.05, 0.1) is 0 Å². The first kappa shape index (κ1) is 7.74. The van der Waals surface area contributed by atoms with Crippen molar-refractivity contribution in [1.29, 1.82) is 0 Å². The molecule has 0 saturated carbocycles. The summed E-state index contributed by atoms with van der Waals surface area (Å²) < 4.78 is 2.07. The van der Waals surface area contributed by atoms with Crippen molar-refractivity contribution in [2.75, 3.05) is 6.54 Å². The van der Waals surface area contributed by atoms with Gasteiger partial charge in [0.2, 0.25) is 0 Å². The maximum Gasteiger partial charge on any atom is 0.168 e. The number of nitrogens with one attached hydrogen (secondary N) is 1. The van der Waals surface area contributed by atoms with Crippen LogP contribution < -0.4 is 9.88 Å². The molecule has 2 heteroatoms. The average Bonchev–Trinajstić information content (AvgIpc) is 2.58. The lowest BCUT2D eigenvalue weighted by atomic mass is 10.1. The molecule has 0 aromatic carbocycles. The van der Waals surface area contributed by atoms with E-state index >= 15 is 0 Å². The van der Waals surface area contributed by atoms with E-state index < -0.39 is 0 Å². The first-order valence-corrected chi connectivity index (χ1v) is 4.55. The topological polar surface area (TPSA) is 15.9 Å². The Balaban J connectivity index is 2.17. The lowest BCUT2D eigenvalue weighted by Crippen LogP contribution is -2.26. The molecular formula is C10H15N2+. The molecule has 0 bridgehead atoms. The van der Waals surface area contributed by atoms with Crippen LogP contribution in [0, 0.1) is 0 Å². The Morgan fingerprint density at radius 2 is 2.17 bits per heavy atom. The number of rotatable bonds is 1. The summed E-state index contributed by atoms with van der Waals surface area (Å²) >= 11 is 0. The van der Waals surface area contributed by atoms with E-state index in [2.05, 4.69) is 34.4 Å². The summed E-state index contributed by atoms with van der Waals surface area (Å²) in [5, 5.41) is 3.48. The first-order chi connectivity index (χ1) is 5.86. The number of hydrogen-bond donors (Lipinski definition) is 1. The smallest absolute Gasteiger partial charge is 0.168 e. The molecule has 1 aliphatic heterocycles. The van der Waals surface area contributed by atoms with E-state index in [4.69, 9.17) is 0 Å². The minimum Gasteiger partial charge on any atom is -0.310 e.